The first-order valence-corrected chi connectivity index (χ1v) is 11.0. The summed E-state index contributed by atoms with van der Waals surface area (Å²) in [5, 5.41) is 13.5. The molecule has 178 valence electrons. The predicted molar refractivity (Wildman–Crippen MR) is 140 cm³/mol. The summed E-state index contributed by atoms with van der Waals surface area (Å²) in [7, 11) is 0. The molecule has 0 aliphatic carbocycles. The predicted octanol–water partition coefficient (Wildman–Crippen LogP) is 5.30. The lowest BCUT2D eigenvalue weighted by Gasteiger charge is -2.10. The van der Waals surface area contributed by atoms with Crippen molar-refractivity contribution in [3.05, 3.63) is 71.5 Å². The number of rotatable bonds is 10. The van der Waals surface area contributed by atoms with Crippen molar-refractivity contribution in [2.24, 2.45) is 4.99 Å². The normalized spacial score (nSPS) is 11.2. The molecule has 3 N–H and O–H groups in total. The molecule has 2 heterocycles. The minimum atomic E-state index is -0.279. The summed E-state index contributed by atoms with van der Waals surface area (Å²) in [6, 6.07) is 12.9. The van der Waals surface area contributed by atoms with Crippen LogP contribution in [0.2, 0.25) is 0 Å². The standard InChI is InChI=1S/C24H31N5O3.HI/c1-4-18(5-2)21-14-20(32-29-21)16-27-24(25-6-3)26-15-17-9-11-19(12-10-17)28-23(30)22-8-7-13-31-22;/h7-14,18H,4-6,15-16H2,1-3H3,(H,28,30)(H2,25,26,27);1H. The third-order valence-corrected chi connectivity index (χ3v) is 5.13. The Bertz CT molecular complexity index is 996. The van der Waals surface area contributed by atoms with Crippen molar-refractivity contribution in [1.82, 2.24) is 15.8 Å². The van der Waals surface area contributed by atoms with E-state index in [1.165, 1.54) is 6.26 Å². The fraction of sp³-hybridized carbons (Fsp3) is 0.375. The summed E-state index contributed by atoms with van der Waals surface area (Å²) in [6.07, 6.45) is 3.57. The molecule has 0 radical (unpaired) electrons. The monoisotopic (exact) mass is 565 g/mol. The number of furan rings is 1. The van der Waals surface area contributed by atoms with Crippen LogP contribution in [0.15, 0.2) is 62.7 Å². The van der Waals surface area contributed by atoms with Gasteiger partial charge in [0.15, 0.2) is 17.5 Å². The number of carbonyl (C=O) groups is 1. The first-order chi connectivity index (χ1) is 15.6. The number of hydrogen-bond acceptors (Lipinski definition) is 5. The lowest BCUT2D eigenvalue weighted by molar-refractivity contribution is 0.0996. The maximum absolute atomic E-state index is 12.1. The number of amides is 1. The van der Waals surface area contributed by atoms with Gasteiger partial charge in [0.2, 0.25) is 0 Å². The van der Waals surface area contributed by atoms with Crippen LogP contribution < -0.4 is 16.0 Å². The van der Waals surface area contributed by atoms with Crippen molar-refractivity contribution in [1.29, 1.82) is 0 Å². The molecule has 0 saturated heterocycles. The molecule has 0 aliphatic heterocycles. The molecular formula is C24H32IN5O3. The van der Waals surface area contributed by atoms with E-state index in [1.807, 2.05) is 37.3 Å². The molecule has 33 heavy (non-hydrogen) atoms. The molecule has 0 bridgehead atoms. The second kappa shape index (κ2) is 13.7. The van der Waals surface area contributed by atoms with E-state index in [1.54, 1.807) is 12.1 Å². The van der Waals surface area contributed by atoms with Crippen LogP contribution in [0.3, 0.4) is 0 Å². The van der Waals surface area contributed by atoms with Gasteiger partial charge in [0.1, 0.15) is 0 Å². The zero-order valence-electron chi connectivity index (χ0n) is 19.3. The van der Waals surface area contributed by atoms with E-state index in [-0.39, 0.29) is 35.6 Å². The molecule has 0 unspecified atom stereocenters. The second-order valence-electron chi connectivity index (χ2n) is 7.41. The number of hydrogen-bond donors (Lipinski definition) is 3. The topological polar surface area (TPSA) is 105 Å². The Morgan fingerprint density at radius 1 is 1.09 bits per heavy atom. The van der Waals surface area contributed by atoms with Gasteiger partial charge in [0.25, 0.3) is 5.91 Å². The van der Waals surface area contributed by atoms with Crippen LogP contribution in [0.5, 0.6) is 0 Å². The van der Waals surface area contributed by atoms with E-state index in [4.69, 9.17) is 8.94 Å². The highest BCUT2D eigenvalue weighted by Gasteiger charge is 2.13. The van der Waals surface area contributed by atoms with Crippen LogP contribution in [-0.2, 0) is 13.1 Å². The molecule has 8 nitrogen and oxygen atoms in total. The van der Waals surface area contributed by atoms with Crippen LogP contribution in [0, 0.1) is 0 Å². The van der Waals surface area contributed by atoms with Crippen LogP contribution in [0.1, 0.15) is 67.1 Å². The molecule has 9 heteroatoms. The highest BCUT2D eigenvalue weighted by atomic mass is 127. The van der Waals surface area contributed by atoms with Crippen molar-refractivity contribution in [2.75, 3.05) is 11.9 Å². The smallest absolute Gasteiger partial charge is 0.291 e. The van der Waals surface area contributed by atoms with Crippen molar-refractivity contribution in [3.8, 4) is 0 Å². The van der Waals surface area contributed by atoms with Gasteiger partial charge >= 0.3 is 0 Å². The lowest BCUT2D eigenvalue weighted by Crippen LogP contribution is -2.36. The number of benzene rings is 1. The van der Waals surface area contributed by atoms with Crippen molar-refractivity contribution in [2.45, 2.75) is 52.6 Å². The molecule has 0 spiro atoms. The Morgan fingerprint density at radius 3 is 2.48 bits per heavy atom. The van der Waals surface area contributed by atoms with Gasteiger partial charge in [-0.15, -0.1) is 24.0 Å². The highest BCUT2D eigenvalue weighted by Crippen LogP contribution is 2.22. The Morgan fingerprint density at radius 2 is 1.85 bits per heavy atom. The van der Waals surface area contributed by atoms with E-state index in [9.17, 15) is 4.79 Å². The van der Waals surface area contributed by atoms with Gasteiger partial charge in [-0.25, -0.2) is 4.99 Å². The van der Waals surface area contributed by atoms with E-state index >= 15 is 0 Å². The van der Waals surface area contributed by atoms with Gasteiger partial charge in [-0.05, 0) is 49.6 Å². The van der Waals surface area contributed by atoms with Crippen LogP contribution in [0.4, 0.5) is 5.69 Å². The van der Waals surface area contributed by atoms with Crippen LogP contribution in [0.25, 0.3) is 0 Å². The number of halogens is 1. The average Bonchev–Trinajstić information content (AvgIpc) is 3.50. The summed E-state index contributed by atoms with van der Waals surface area (Å²) in [5.74, 6) is 1.91. The summed E-state index contributed by atoms with van der Waals surface area (Å²) in [6.45, 7) is 8.10. The molecule has 0 fully saturated rings. The maximum Gasteiger partial charge on any atom is 0.291 e. The van der Waals surface area contributed by atoms with Gasteiger partial charge in [-0.1, -0.05) is 31.1 Å². The molecule has 1 aromatic carbocycles. The zero-order chi connectivity index (χ0) is 22.8. The average molecular weight is 565 g/mol. The quantitative estimate of drug-likeness (QED) is 0.175. The minimum Gasteiger partial charge on any atom is -0.459 e. The van der Waals surface area contributed by atoms with Crippen LogP contribution >= 0.6 is 24.0 Å². The number of nitrogens with zero attached hydrogens (tertiary/aromatic N) is 2. The van der Waals surface area contributed by atoms with Gasteiger partial charge in [-0.2, -0.15) is 0 Å². The van der Waals surface area contributed by atoms with Gasteiger partial charge in [-0.3, -0.25) is 4.79 Å². The number of nitrogens with one attached hydrogen (secondary N) is 3. The number of aliphatic imine (C=N–C) groups is 1. The van der Waals surface area contributed by atoms with E-state index in [0.29, 0.717) is 30.7 Å². The number of carbonyl (C=O) groups excluding carboxylic acids is 1. The molecule has 0 saturated carbocycles. The molecule has 0 aliphatic rings. The van der Waals surface area contributed by atoms with E-state index in [0.717, 1.165) is 36.4 Å². The van der Waals surface area contributed by atoms with E-state index < -0.39 is 0 Å². The maximum atomic E-state index is 12.1. The molecule has 3 aromatic rings. The van der Waals surface area contributed by atoms with Crippen molar-refractivity contribution >= 4 is 41.5 Å². The Kier molecular flexibility index (Phi) is 10.9. The Balaban J connectivity index is 0.00000385. The highest BCUT2D eigenvalue weighted by molar-refractivity contribution is 14.0. The summed E-state index contributed by atoms with van der Waals surface area (Å²) >= 11 is 0. The number of guanidine groups is 1. The van der Waals surface area contributed by atoms with E-state index in [2.05, 4.69) is 39.9 Å². The largest absolute Gasteiger partial charge is 0.459 e. The summed E-state index contributed by atoms with van der Waals surface area (Å²) in [4.78, 5) is 16.7. The third kappa shape index (κ3) is 7.92. The fourth-order valence-electron chi connectivity index (χ4n) is 3.29. The molecule has 3 rings (SSSR count). The van der Waals surface area contributed by atoms with Crippen LogP contribution in [-0.4, -0.2) is 23.6 Å². The minimum absolute atomic E-state index is 0. The zero-order valence-corrected chi connectivity index (χ0v) is 21.6. The first kappa shape index (κ1) is 26.4. The molecular weight excluding hydrogens is 533 g/mol. The summed E-state index contributed by atoms with van der Waals surface area (Å²) in [5.41, 5.74) is 2.73. The Labute approximate surface area is 211 Å². The van der Waals surface area contributed by atoms with Crippen molar-refractivity contribution in [3.63, 3.8) is 0 Å². The fourth-order valence-corrected chi connectivity index (χ4v) is 3.29. The summed E-state index contributed by atoms with van der Waals surface area (Å²) < 4.78 is 10.6. The van der Waals surface area contributed by atoms with Gasteiger partial charge < -0.3 is 24.9 Å². The third-order valence-electron chi connectivity index (χ3n) is 5.13. The SMILES string of the molecule is CCNC(=NCc1ccc(NC(=O)c2ccco2)cc1)NCc1cc(C(CC)CC)no1.I. The molecule has 1 amide bonds. The van der Waals surface area contributed by atoms with Gasteiger partial charge in [0.05, 0.1) is 25.0 Å². The Hall–Kier alpha value is -2.82. The molecule has 2 aromatic heterocycles. The number of anilines is 1. The first-order valence-electron chi connectivity index (χ1n) is 11.0. The van der Waals surface area contributed by atoms with Gasteiger partial charge in [0, 0.05) is 24.2 Å². The van der Waals surface area contributed by atoms with Crippen molar-refractivity contribution < 1.29 is 13.7 Å². The second-order valence-corrected chi connectivity index (χ2v) is 7.41. The number of aromatic nitrogens is 1. The molecule has 0 atom stereocenters. The lowest BCUT2D eigenvalue weighted by atomic mass is 9.99.